The molecule has 2 aromatic carbocycles. The van der Waals surface area contributed by atoms with Crippen LogP contribution >= 0.6 is 0 Å². The minimum atomic E-state index is -0.0964. The smallest absolute Gasteiger partial charge is 0.192 e. The second-order valence-corrected chi connectivity index (χ2v) is 5.26. The van der Waals surface area contributed by atoms with Crippen LogP contribution in [-0.2, 0) is 4.74 Å². The second kappa shape index (κ2) is 7.71. The zero-order valence-electron chi connectivity index (χ0n) is 13.4. The summed E-state index contributed by atoms with van der Waals surface area (Å²) in [4.78, 5) is 12.8. The van der Waals surface area contributed by atoms with Crippen molar-refractivity contribution in [3.8, 4) is 0 Å². The monoisotopic (exact) mass is 294 g/mol. The first-order chi connectivity index (χ1) is 10.7. The third-order valence-electron chi connectivity index (χ3n) is 3.59. The van der Waals surface area contributed by atoms with Crippen molar-refractivity contribution in [3.63, 3.8) is 0 Å². The van der Waals surface area contributed by atoms with E-state index < -0.39 is 0 Å². The molecule has 2 nitrogen and oxygen atoms in total. The van der Waals surface area contributed by atoms with Crippen LogP contribution in [0, 0.1) is 0 Å². The van der Waals surface area contributed by atoms with Gasteiger partial charge in [0.05, 0.1) is 6.10 Å². The second-order valence-electron chi connectivity index (χ2n) is 5.26. The fraction of sp³-hybridized carbons (Fsp3) is 0.250. The molecule has 0 spiro atoms. The highest BCUT2D eigenvalue weighted by Crippen LogP contribution is 2.19. The molecule has 0 aliphatic carbocycles. The summed E-state index contributed by atoms with van der Waals surface area (Å²) >= 11 is 0. The number of Topliss-reactive ketones (excluding diaryl/α,β-unsaturated/α-hetero) is 1. The Morgan fingerprint density at radius 2 is 1.91 bits per heavy atom. The number of hydrogen-bond donors (Lipinski definition) is 0. The van der Waals surface area contributed by atoms with E-state index >= 15 is 0 Å². The first-order valence-electron chi connectivity index (χ1n) is 7.60. The van der Waals surface area contributed by atoms with Crippen LogP contribution in [0.15, 0.2) is 66.3 Å². The van der Waals surface area contributed by atoms with Gasteiger partial charge in [-0.15, -0.1) is 0 Å². The van der Waals surface area contributed by atoms with Crippen LogP contribution in [0.5, 0.6) is 0 Å². The molecule has 0 bridgehead atoms. The normalized spacial score (nSPS) is 13.7. The lowest BCUT2D eigenvalue weighted by Gasteiger charge is -2.08. The van der Waals surface area contributed by atoms with E-state index in [9.17, 15) is 4.79 Å². The summed E-state index contributed by atoms with van der Waals surface area (Å²) in [6, 6.07) is 13.9. The summed E-state index contributed by atoms with van der Waals surface area (Å²) in [5.74, 6) is 0.0272. The maximum atomic E-state index is 12.8. The van der Waals surface area contributed by atoms with Crippen molar-refractivity contribution in [2.75, 3.05) is 7.11 Å². The summed E-state index contributed by atoms with van der Waals surface area (Å²) in [7, 11) is 1.64. The molecule has 114 valence electrons. The van der Waals surface area contributed by atoms with Gasteiger partial charge in [-0.2, -0.15) is 0 Å². The molecule has 22 heavy (non-hydrogen) atoms. The third-order valence-corrected chi connectivity index (χ3v) is 3.59. The molecule has 1 unspecified atom stereocenters. The Labute approximate surface area is 132 Å². The first kappa shape index (κ1) is 16.2. The van der Waals surface area contributed by atoms with Crippen LogP contribution in [-0.4, -0.2) is 19.0 Å². The van der Waals surface area contributed by atoms with Crippen LogP contribution in [0.4, 0.5) is 0 Å². The Morgan fingerprint density at radius 3 is 2.59 bits per heavy atom. The third kappa shape index (κ3) is 3.92. The van der Waals surface area contributed by atoms with Crippen molar-refractivity contribution in [2.45, 2.75) is 26.4 Å². The van der Waals surface area contributed by atoms with Crippen LogP contribution in [0.1, 0.15) is 30.6 Å². The summed E-state index contributed by atoms with van der Waals surface area (Å²) in [5.41, 5.74) is 1.38. The van der Waals surface area contributed by atoms with Crippen molar-refractivity contribution in [1.29, 1.82) is 0 Å². The highest BCUT2D eigenvalue weighted by atomic mass is 16.5. The molecule has 0 aromatic heterocycles. The SMILES string of the molecule is CC/C=C\C(=C/C(C)OC)C(=O)c1ccc2ccccc2c1. The standard InChI is InChI=1S/C20H22O2/c1-4-5-8-18(13-15(2)22-3)20(21)19-12-11-16-9-6-7-10-17(16)14-19/h5-15H,4H2,1-3H3/b8-5-,18-13+. The number of ketones is 1. The van der Waals surface area contributed by atoms with E-state index in [0.29, 0.717) is 11.1 Å². The number of methoxy groups -OCH3 is 1. The zero-order chi connectivity index (χ0) is 15.9. The number of benzene rings is 2. The Bertz CT molecular complexity index is 710. The Balaban J connectivity index is 2.39. The summed E-state index contributed by atoms with van der Waals surface area (Å²) < 4.78 is 5.25. The van der Waals surface area contributed by atoms with Gasteiger partial charge in [0.1, 0.15) is 0 Å². The molecule has 0 saturated heterocycles. The number of rotatable bonds is 6. The van der Waals surface area contributed by atoms with Crippen molar-refractivity contribution < 1.29 is 9.53 Å². The zero-order valence-corrected chi connectivity index (χ0v) is 13.4. The van der Waals surface area contributed by atoms with Crippen molar-refractivity contribution in [3.05, 3.63) is 71.8 Å². The molecule has 2 rings (SSSR count). The molecule has 0 radical (unpaired) electrons. The van der Waals surface area contributed by atoms with Gasteiger partial charge in [0.2, 0.25) is 0 Å². The van der Waals surface area contributed by atoms with Gasteiger partial charge in [-0.25, -0.2) is 0 Å². The van der Waals surface area contributed by atoms with E-state index in [-0.39, 0.29) is 11.9 Å². The molecule has 2 heteroatoms. The number of carbonyl (C=O) groups is 1. The highest BCUT2D eigenvalue weighted by molar-refractivity contribution is 6.12. The molecular formula is C20H22O2. The number of hydrogen-bond acceptors (Lipinski definition) is 2. The highest BCUT2D eigenvalue weighted by Gasteiger charge is 2.11. The predicted molar refractivity (Wildman–Crippen MR) is 92.3 cm³/mol. The van der Waals surface area contributed by atoms with Gasteiger partial charge < -0.3 is 4.74 Å². The van der Waals surface area contributed by atoms with Crippen LogP contribution in [0.25, 0.3) is 10.8 Å². The molecule has 1 atom stereocenters. The molecule has 0 amide bonds. The fourth-order valence-electron chi connectivity index (χ4n) is 2.27. The van der Waals surface area contributed by atoms with E-state index in [2.05, 4.69) is 0 Å². The topological polar surface area (TPSA) is 26.3 Å². The molecule has 2 aromatic rings. The molecule has 0 heterocycles. The number of carbonyl (C=O) groups excluding carboxylic acids is 1. The van der Waals surface area contributed by atoms with E-state index in [1.807, 2.05) is 74.5 Å². The van der Waals surface area contributed by atoms with Crippen molar-refractivity contribution >= 4 is 16.6 Å². The number of fused-ring (bicyclic) bond motifs is 1. The maximum absolute atomic E-state index is 12.8. The average Bonchev–Trinajstić information content (AvgIpc) is 2.57. The largest absolute Gasteiger partial charge is 0.378 e. The molecule has 0 fully saturated rings. The van der Waals surface area contributed by atoms with Gasteiger partial charge in [0, 0.05) is 18.2 Å². The van der Waals surface area contributed by atoms with Crippen molar-refractivity contribution in [1.82, 2.24) is 0 Å². The fourth-order valence-corrected chi connectivity index (χ4v) is 2.27. The average molecular weight is 294 g/mol. The van der Waals surface area contributed by atoms with Crippen LogP contribution in [0.3, 0.4) is 0 Å². The summed E-state index contributed by atoms with van der Waals surface area (Å²) in [6.07, 6.45) is 6.54. The van der Waals surface area contributed by atoms with Gasteiger partial charge >= 0.3 is 0 Å². The lowest BCUT2D eigenvalue weighted by Crippen LogP contribution is -2.07. The predicted octanol–water partition coefficient (Wildman–Crippen LogP) is 4.95. The molecule has 0 N–H and O–H groups in total. The van der Waals surface area contributed by atoms with Gasteiger partial charge in [-0.3, -0.25) is 4.79 Å². The first-order valence-corrected chi connectivity index (χ1v) is 7.60. The Morgan fingerprint density at radius 1 is 1.18 bits per heavy atom. The van der Waals surface area contributed by atoms with Gasteiger partial charge in [-0.1, -0.05) is 55.5 Å². The molecule has 0 aliphatic rings. The molecule has 0 saturated carbocycles. The van der Waals surface area contributed by atoms with E-state index in [1.54, 1.807) is 7.11 Å². The summed E-state index contributed by atoms with van der Waals surface area (Å²) in [5, 5.41) is 2.21. The maximum Gasteiger partial charge on any atom is 0.192 e. The van der Waals surface area contributed by atoms with Gasteiger partial charge in [-0.05, 0) is 36.3 Å². The summed E-state index contributed by atoms with van der Waals surface area (Å²) in [6.45, 7) is 3.97. The van der Waals surface area contributed by atoms with Crippen LogP contribution in [0.2, 0.25) is 0 Å². The lowest BCUT2D eigenvalue weighted by atomic mass is 9.98. The minimum absolute atomic E-state index is 0.0272. The Hall–Kier alpha value is -2.19. The van der Waals surface area contributed by atoms with Crippen molar-refractivity contribution in [2.24, 2.45) is 0 Å². The minimum Gasteiger partial charge on any atom is -0.378 e. The Kier molecular flexibility index (Phi) is 5.68. The van der Waals surface area contributed by atoms with E-state index in [1.165, 1.54) is 0 Å². The van der Waals surface area contributed by atoms with Gasteiger partial charge in [0.25, 0.3) is 0 Å². The molecule has 0 aliphatic heterocycles. The number of allylic oxidation sites excluding steroid dienone is 3. The lowest BCUT2D eigenvalue weighted by molar-refractivity contribution is 0.103. The van der Waals surface area contributed by atoms with E-state index in [0.717, 1.165) is 17.2 Å². The number of ether oxygens (including phenoxy) is 1. The molecular weight excluding hydrogens is 272 g/mol. The quantitative estimate of drug-likeness (QED) is 0.428. The van der Waals surface area contributed by atoms with E-state index in [4.69, 9.17) is 4.74 Å². The van der Waals surface area contributed by atoms with Crippen LogP contribution < -0.4 is 0 Å². The van der Waals surface area contributed by atoms with Gasteiger partial charge in [0.15, 0.2) is 5.78 Å².